The van der Waals surface area contributed by atoms with Gasteiger partial charge in [0.05, 0.1) is 0 Å². The topological polar surface area (TPSA) is 48.5 Å². The summed E-state index contributed by atoms with van der Waals surface area (Å²) in [6.07, 6.45) is 2.64. The lowest BCUT2D eigenvalue weighted by atomic mass is 10.2. The van der Waals surface area contributed by atoms with Crippen molar-refractivity contribution in [1.82, 2.24) is 10.3 Å². The van der Waals surface area contributed by atoms with Gasteiger partial charge in [-0.15, -0.1) is 0 Å². The molecule has 5 nitrogen and oxygen atoms in total. The van der Waals surface area contributed by atoms with E-state index in [1.165, 1.54) is 5.69 Å². The number of nitrogens with zero attached hydrogens (tertiary/aromatic N) is 3. The SMILES string of the molecule is CCC(C)NC(=O)c1cc(N2CCN(c3ccccc3)CC2)ccn1. The van der Waals surface area contributed by atoms with Crippen LogP contribution >= 0.6 is 0 Å². The van der Waals surface area contributed by atoms with Crippen LogP contribution in [0, 0.1) is 0 Å². The van der Waals surface area contributed by atoms with Crippen LogP contribution in [0.15, 0.2) is 48.7 Å². The van der Waals surface area contributed by atoms with Crippen LogP contribution < -0.4 is 15.1 Å². The number of rotatable bonds is 5. The Balaban J connectivity index is 1.64. The summed E-state index contributed by atoms with van der Waals surface area (Å²) < 4.78 is 0. The quantitative estimate of drug-likeness (QED) is 0.911. The maximum Gasteiger partial charge on any atom is 0.270 e. The maximum atomic E-state index is 12.3. The van der Waals surface area contributed by atoms with Crippen LogP contribution in [0.1, 0.15) is 30.8 Å². The fourth-order valence-electron chi connectivity index (χ4n) is 3.00. The van der Waals surface area contributed by atoms with E-state index in [4.69, 9.17) is 0 Å². The van der Waals surface area contributed by atoms with E-state index in [0.29, 0.717) is 5.69 Å². The number of hydrogen-bond donors (Lipinski definition) is 1. The first-order valence-corrected chi connectivity index (χ1v) is 8.99. The second kappa shape index (κ2) is 8.01. The van der Waals surface area contributed by atoms with Gasteiger partial charge in [0.25, 0.3) is 5.91 Å². The van der Waals surface area contributed by atoms with Crippen LogP contribution in [0.3, 0.4) is 0 Å². The van der Waals surface area contributed by atoms with Crippen molar-refractivity contribution in [2.45, 2.75) is 26.3 Å². The summed E-state index contributed by atoms with van der Waals surface area (Å²) in [7, 11) is 0. The van der Waals surface area contributed by atoms with E-state index in [9.17, 15) is 4.79 Å². The van der Waals surface area contributed by atoms with Crippen molar-refractivity contribution in [1.29, 1.82) is 0 Å². The van der Waals surface area contributed by atoms with Crippen molar-refractivity contribution in [3.8, 4) is 0 Å². The maximum absolute atomic E-state index is 12.3. The van der Waals surface area contributed by atoms with Crippen molar-refractivity contribution < 1.29 is 4.79 Å². The number of carbonyl (C=O) groups is 1. The van der Waals surface area contributed by atoms with Gasteiger partial charge in [0.1, 0.15) is 5.69 Å². The molecule has 0 spiro atoms. The molecule has 5 heteroatoms. The minimum Gasteiger partial charge on any atom is -0.368 e. The summed E-state index contributed by atoms with van der Waals surface area (Å²) in [5, 5.41) is 2.98. The highest BCUT2D eigenvalue weighted by atomic mass is 16.1. The molecule has 1 aromatic carbocycles. The van der Waals surface area contributed by atoms with Gasteiger partial charge in [0.2, 0.25) is 0 Å². The van der Waals surface area contributed by atoms with Gasteiger partial charge in [-0.25, -0.2) is 0 Å². The van der Waals surface area contributed by atoms with E-state index in [2.05, 4.69) is 51.3 Å². The average molecular weight is 338 g/mol. The molecule has 0 aliphatic carbocycles. The van der Waals surface area contributed by atoms with Crippen LogP contribution in [-0.4, -0.2) is 43.1 Å². The standard InChI is InChI=1S/C20H26N4O/c1-3-16(2)22-20(25)19-15-18(9-10-21-19)24-13-11-23(12-14-24)17-7-5-4-6-8-17/h4-10,15-16H,3,11-14H2,1-2H3,(H,22,25). The molecule has 0 bridgehead atoms. The Morgan fingerprint density at radius 2 is 1.72 bits per heavy atom. The largest absolute Gasteiger partial charge is 0.368 e. The number of hydrogen-bond acceptors (Lipinski definition) is 4. The van der Waals surface area contributed by atoms with Crippen LogP contribution in [0.5, 0.6) is 0 Å². The molecule has 1 atom stereocenters. The van der Waals surface area contributed by atoms with Crippen LogP contribution in [0.2, 0.25) is 0 Å². The Hall–Kier alpha value is -2.56. The molecule has 1 aliphatic heterocycles. The predicted molar refractivity (Wildman–Crippen MR) is 102 cm³/mol. The highest BCUT2D eigenvalue weighted by Crippen LogP contribution is 2.20. The Bertz CT molecular complexity index is 696. The zero-order valence-electron chi connectivity index (χ0n) is 15.0. The fraction of sp³-hybridized carbons (Fsp3) is 0.400. The lowest BCUT2D eigenvalue weighted by Crippen LogP contribution is -2.46. The number of piperazine rings is 1. The Morgan fingerprint density at radius 3 is 2.36 bits per heavy atom. The van der Waals surface area contributed by atoms with Gasteiger partial charge in [-0.05, 0) is 37.6 Å². The van der Waals surface area contributed by atoms with E-state index in [-0.39, 0.29) is 11.9 Å². The first-order chi connectivity index (χ1) is 12.2. The molecule has 1 aliphatic rings. The Morgan fingerprint density at radius 1 is 1.08 bits per heavy atom. The van der Waals surface area contributed by atoms with Crippen molar-refractivity contribution in [2.24, 2.45) is 0 Å². The van der Waals surface area contributed by atoms with Crippen molar-refractivity contribution in [3.05, 3.63) is 54.4 Å². The summed E-state index contributed by atoms with van der Waals surface area (Å²) >= 11 is 0. The third kappa shape index (κ3) is 4.29. The molecular weight excluding hydrogens is 312 g/mol. The molecule has 1 unspecified atom stereocenters. The summed E-state index contributed by atoms with van der Waals surface area (Å²) in [6.45, 7) is 7.88. The van der Waals surface area contributed by atoms with E-state index in [1.807, 2.05) is 25.1 Å². The summed E-state index contributed by atoms with van der Waals surface area (Å²) in [4.78, 5) is 21.2. The third-order valence-corrected chi connectivity index (χ3v) is 4.73. The van der Waals surface area contributed by atoms with Crippen LogP contribution in [-0.2, 0) is 0 Å². The van der Waals surface area contributed by atoms with E-state index in [1.54, 1.807) is 6.20 Å². The highest BCUT2D eigenvalue weighted by molar-refractivity contribution is 5.93. The predicted octanol–water partition coefficient (Wildman–Crippen LogP) is 2.94. The Labute approximate surface area is 149 Å². The number of anilines is 2. The van der Waals surface area contributed by atoms with Gasteiger partial charge in [-0.1, -0.05) is 25.1 Å². The Kier molecular flexibility index (Phi) is 5.53. The highest BCUT2D eigenvalue weighted by Gasteiger charge is 2.19. The molecule has 1 N–H and O–H groups in total. The third-order valence-electron chi connectivity index (χ3n) is 4.73. The average Bonchev–Trinajstić information content (AvgIpc) is 2.68. The second-order valence-electron chi connectivity index (χ2n) is 6.49. The second-order valence-corrected chi connectivity index (χ2v) is 6.49. The lowest BCUT2D eigenvalue weighted by molar-refractivity contribution is 0.0934. The van der Waals surface area contributed by atoms with Gasteiger partial charge >= 0.3 is 0 Å². The number of pyridine rings is 1. The summed E-state index contributed by atoms with van der Waals surface area (Å²) in [5.41, 5.74) is 2.82. The number of amides is 1. The van der Waals surface area contributed by atoms with Gasteiger partial charge in [0.15, 0.2) is 0 Å². The molecule has 25 heavy (non-hydrogen) atoms. The molecule has 0 saturated carbocycles. The normalized spacial score (nSPS) is 15.8. The molecule has 1 amide bonds. The number of aromatic nitrogens is 1. The number of nitrogens with one attached hydrogen (secondary N) is 1. The van der Waals surface area contributed by atoms with E-state index >= 15 is 0 Å². The lowest BCUT2D eigenvalue weighted by Gasteiger charge is -2.37. The number of carbonyl (C=O) groups excluding carboxylic acids is 1. The molecule has 132 valence electrons. The smallest absolute Gasteiger partial charge is 0.270 e. The van der Waals surface area contributed by atoms with Gasteiger partial charge in [-0.3, -0.25) is 9.78 Å². The van der Waals surface area contributed by atoms with Crippen LogP contribution in [0.25, 0.3) is 0 Å². The first kappa shape index (κ1) is 17.3. The molecule has 1 fully saturated rings. The molecule has 1 saturated heterocycles. The number of benzene rings is 1. The first-order valence-electron chi connectivity index (χ1n) is 8.99. The zero-order valence-corrected chi connectivity index (χ0v) is 15.0. The molecule has 0 radical (unpaired) electrons. The molecular formula is C20H26N4O. The van der Waals surface area contributed by atoms with Crippen molar-refractivity contribution in [2.75, 3.05) is 36.0 Å². The van der Waals surface area contributed by atoms with Gasteiger partial charge in [-0.2, -0.15) is 0 Å². The monoisotopic (exact) mass is 338 g/mol. The molecule has 1 aromatic heterocycles. The van der Waals surface area contributed by atoms with Gasteiger partial charge in [0, 0.05) is 49.8 Å². The van der Waals surface area contributed by atoms with Crippen LogP contribution in [0.4, 0.5) is 11.4 Å². The van der Waals surface area contributed by atoms with Crippen molar-refractivity contribution >= 4 is 17.3 Å². The molecule has 3 rings (SSSR count). The summed E-state index contributed by atoms with van der Waals surface area (Å²) in [5.74, 6) is -0.0980. The molecule has 2 aromatic rings. The van der Waals surface area contributed by atoms with Gasteiger partial charge < -0.3 is 15.1 Å². The minimum absolute atomic E-state index is 0.0980. The molecule has 2 heterocycles. The van der Waals surface area contributed by atoms with E-state index in [0.717, 1.165) is 38.3 Å². The fourth-order valence-corrected chi connectivity index (χ4v) is 3.00. The minimum atomic E-state index is -0.0980. The number of para-hydroxylation sites is 1. The summed E-state index contributed by atoms with van der Waals surface area (Å²) in [6, 6.07) is 14.5. The van der Waals surface area contributed by atoms with E-state index < -0.39 is 0 Å². The van der Waals surface area contributed by atoms with Crippen molar-refractivity contribution in [3.63, 3.8) is 0 Å². The zero-order chi connectivity index (χ0) is 17.6.